The first kappa shape index (κ1) is 20.1. The highest BCUT2D eigenvalue weighted by atomic mass is 32.2. The average Bonchev–Trinajstić information content (AvgIpc) is 3.47. The van der Waals surface area contributed by atoms with Crippen LogP contribution in [0.3, 0.4) is 0 Å². The third-order valence-corrected chi connectivity index (χ3v) is 7.23. The molecule has 2 aliphatic heterocycles. The number of nitrogens with one attached hydrogen (secondary N) is 1. The molecule has 1 unspecified atom stereocenters. The number of imide groups is 1. The van der Waals surface area contributed by atoms with Gasteiger partial charge in [-0.3, -0.25) is 9.69 Å². The van der Waals surface area contributed by atoms with E-state index in [0.29, 0.717) is 24.2 Å². The number of hydrogen-bond donors (Lipinski definition) is 1. The van der Waals surface area contributed by atoms with Crippen LogP contribution < -0.4 is 5.32 Å². The first-order valence-corrected chi connectivity index (χ1v) is 10.9. The van der Waals surface area contributed by atoms with Crippen molar-refractivity contribution in [1.29, 1.82) is 5.26 Å². The Labute approximate surface area is 173 Å². The zero-order valence-corrected chi connectivity index (χ0v) is 17.1. The molecule has 2 aromatic rings. The van der Waals surface area contributed by atoms with Crippen LogP contribution in [-0.4, -0.2) is 42.7 Å². The highest BCUT2D eigenvalue weighted by molar-refractivity contribution is 7.89. The Morgan fingerprint density at radius 2 is 1.93 bits per heavy atom. The topological polar surface area (TPSA) is 124 Å². The highest BCUT2D eigenvalue weighted by Gasteiger charge is 2.49. The molecule has 156 valence electrons. The van der Waals surface area contributed by atoms with Gasteiger partial charge in [0.15, 0.2) is 0 Å². The fourth-order valence-corrected chi connectivity index (χ4v) is 5.18. The van der Waals surface area contributed by atoms with Gasteiger partial charge in [0.2, 0.25) is 5.09 Å². The summed E-state index contributed by atoms with van der Waals surface area (Å²) < 4.78 is 32.1. The molecule has 3 heterocycles. The summed E-state index contributed by atoms with van der Waals surface area (Å²) in [6.45, 7) is 2.26. The van der Waals surface area contributed by atoms with Crippen LogP contribution in [0.1, 0.15) is 36.7 Å². The number of benzene rings is 1. The van der Waals surface area contributed by atoms with E-state index in [-0.39, 0.29) is 17.4 Å². The van der Waals surface area contributed by atoms with E-state index in [1.807, 2.05) is 6.07 Å². The molecule has 1 atom stereocenters. The van der Waals surface area contributed by atoms with E-state index in [2.05, 4.69) is 5.32 Å². The smallest absolute Gasteiger partial charge is 0.325 e. The van der Waals surface area contributed by atoms with Crippen molar-refractivity contribution in [1.82, 2.24) is 14.5 Å². The number of nitrogens with zero attached hydrogens (tertiary/aromatic N) is 3. The third kappa shape index (κ3) is 3.26. The molecular weight excluding hydrogens is 408 g/mol. The molecule has 1 aromatic carbocycles. The first-order valence-electron chi connectivity index (χ1n) is 9.49. The predicted octanol–water partition coefficient (Wildman–Crippen LogP) is 1.90. The number of furan rings is 1. The van der Waals surface area contributed by atoms with Crippen molar-refractivity contribution in [3.63, 3.8) is 0 Å². The summed E-state index contributed by atoms with van der Waals surface area (Å²) in [6, 6.07) is 10.7. The maximum absolute atomic E-state index is 13.0. The zero-order chi connectivity index (χ0) is 21.5. The lowest BCUT2D eigenvalue weighted by Crippen LogP contribution is -2.40. The quantitative estimate of drug-likeness (QED) is 0.726. The van der Waals surface area contributed by atoms with E-state index in [0.717, 1.165) is 17.7 Å². The summed E-state index contributed by atoms with van der Waals surface area (Å²) in [5.41, 5.74) is -0.475. The molecule has 2 fully saturated rings. The number of hydrogen-bond acceptors (Lipinski definition) is 6. The van der Waals surface area contributed by atoms with Gasteiger partial charge in [-0.05, 0) is 49.6 Å². The Bertz CT molecular complexity index is 1160. The highest BCUT2D eigenvalue weighted by Crippen LogP contribution is 2.31. The fraction of sp³-hybridized carbons (Fsp3) is 0.350. The minimum atomic E-state index is -3.72. The summed E-state index contributed by atoms with van der Waals surface area (Å²) in [4.78, 5) is 26.5. The summed E-state index contributed by atoms with van der Waals surface area (Å²) in [5, 5.41) is 11.6. The Morgan fingerprint density at radius 1 is 1.20 bits per heavy atom. The molecule has 0 spiro atoms. The van der Waals surface area contributed by atoms with Gasteiger partial charge in [-0.15, -0.1) is 0 Å². The number of rotatable bonds is 5. The molecule has 9 nitrogen and oxygen atoms in total. The van der Waals surface area contributed by atoms with Crippen molar-refractivity contribution in [2.45, 2.75) is 36.9 Å². The van der Waals surface area contributed by atoms with Crippen LogP contribution in [-0.2, 0) is 26.9 Å². The molecule has 2 saturated heterocycles. The van der Waals surface area contributed by atoms with Crippen LogP contribution in [0.4, 0.5) is 4.79 Å². The largest absolute Gasteiger partial charge is 0.446 e. The molecule has 10 heteroatoms. The lowest BCUT2D eigenvalue weighted by molar-refractivity contribution is -0.131. The number of nitriles is 1. The molecule has 30 heavy (non-hydrogen) atoms. The van der Waals surface area contributed by atoms with Crippen LogP contribution in [0.15, 0.2) is 45.9 Å². The lowest BCUT2D eigenvalue weighted by atomic mass is 9.91. The SMILES string of the molecule is CC1(c2cccc(C#N)c2)NC(=O)N(Cc2ccc(S(=O)(=O)N3CCCC3)o2)C1=O. The van der Waals surface area contributed by atoms with Crippen LogP contribution in [0.5, 0.6) is 0 Å². The molecule has 2 aliphatic rings. The van der Waals surface area contributed by atoms with Gasteiger partial charge in [0.05, 0.1) is 18.2 Å². The Kier molecular flexibility index (Phi) is 4.88. The average molecular weight is 428 g/mol. The molecule has 4 rings (SSSR count). The van der Waals surface area contributed by atoms with Gasteiger partial charge in [0.25, 0.3) is 15.9 Å². The van der Waals surface area contributed by atoms with Crippen LogP contribution in [0.25, 0.3) is 0 Å². The van der Waals surface area contributed by atoms with Crippen molar-refractivity contribution < 1.29 is 22.4 Å². The van der Waals surface area contributed by atoms with E-state index >= 15 is 0 Å². The summed E-state index contributed by atoms with van der Waals surface area (Å²) >= 11 is 0. The van der Waals surface area contributed by atoms with Gasteiger partial charge in [0.1, 0.15) is 11.3 Å². The van der Waals surface area contributed by atoms with Crippen molar-refractivity contribution in [3.05, 3.63) is 53.3 Å². The molecule has 1 aromatic heterocycles. The number of amides is 3. The van der Waals surface area contributed by atoms with Crippen LogP contribution >= 0.6 is 0 Å². The Balaban J connectivity index is 1.56. The summed E-state index contributed by atoms with van der Waals surface area (Å²) in [6.07, 6.45) is 1.61. The number of carbonyl (C=O) groups is 2. The van der Waals surface area contributed by atoms with Crippen LogP contribution in [0.2, 0.25) is 0 Å². The minimum absolute atomic E-state index is 0.186. The number of urea groups is 1. The predicted molar refractivity (Wildman–Crippen MR) is 104 cm³/mol. The van der Waals surface area contributed by atoms with Gasteiger partial charge in [0, 0.05) is 13.1 Å². The van der Waals surface area contributed by atoms with Gasteiger partial charge >= 0.3 is 6.03 Å². The maximum Gasteiger partial charge on any atom is 0.325 e. The fourth-order valence-electron chi connectivity index (χ4n) is 3.73. The Hall–Kier alpha value is -3.16. The zero-order valence-electron chi connectivity index (χ0n) is 16.3. The molecular formula is C20H20N4O5S. The maximum atomic E-state index is 13.0. The van der Waals surface area contributed by atoms with Crippen molar-refractivity contribution in [2.24, 2.45) is 0 Å². The van der Waals surface area contributed by atoms with E-state index in [1.54, 1.807) is 31.2 Å². The number of carbonyl (C=O) groups excluding carboxylic acids is 2. The van der Waals surface area contributed by atoms with Gasteiger partial charge < -0.3 is 9.73 Å². The second kappa shape index (κ2) is 7.27. The van der Waals surface area contributed by atoms with Gasteiger partial charge in [-0.1, -0.05) is 12.1 Å². The van der Waals surface area contributed by atoms with Crippen molar-refractivity contribution >= 4 is 22.0 Å². The number of sulfonamides is 1. The standard InChI is InChI=1S/C20H20N4O5S/c1-20(15-6-4-5-14(11-15)12-21)18(25)24(19(26)22-20)13-16-7-8-17(29-16)30(27,28)23-9-2-3-10-23/h4-8,11H,2-3,9-10,13H2,1H3,(H,22,26). The monoisotopic (exact) mass is 428 g/mol. The summed E-state index contributed by atoms with van der Waals surface area (Å²) in [7, 11) is -3.72. The van der Waals surface area contributed by atoms with Crippen molar-refractivity contribution in [2.75, 3.05) is 13.1 Å². The van der Waals surface area contributed by atoms with Gasteiger partial charge in [-0.2, -0.15) is 9.57 Å². The second-order valence-electron chi connectivity index (χ2n) is 7.47. The molecule has 0 radical (unpaired) electrons. The molecule has 1 N–H and O–H groups in total. The van der Waals surface area contributed by atoms with Crippen molar-refractivity contribution in [3.8, 4) is 6.07 Å². The van der Waals surface area contributed by atoms with Crippen LogP contribution in [0, 0.1) is 11.3 Å². The molecule has 0 aliphatic carbocycles. The summed E-state index contributed by atoms with van der Waals surface area (Å²) in [5.74, 6) is -0.325. The molecule has 0 saturated carbocycles. The van der Waals surface area contributed by atoms with Gasteiger partial charge in [-0.25, -0.2) is 13.2 Å². The van der Waals surface area contributed by atoms with E-state index in [9.17, 15) is 18.0 Å². The van der Waals surface area contributed by atoms with E-state index in [4.69, 9.17) is 9.68 Å². The third-order valence-electron chi connectivity index (χ3n) is 5.45. The lowest BCUT2D eigenvalue weighted by Gasteiger charge is -2.22. The van der Waals surface area contributed by atoms with E-state index in [1.165, 1.54) is 16.4 Å². The molecule has 3 amide bonds. The minimum Gasteiger partial charge on any atom is -0.446 e. The molecule has 0 bridgehead atoms. The normalized spacial score (nSPS) is 22.3. The first-order chi connectivity index (χ1) is 14.3. The Morgan fingerprint density at radius 3 is 2.63 bits per heavy atom. The second-order valence-corrected chi connectivity index (χ2v) is 9.34. The van der Waals surface area contributed by atoms with E-state index < -0.39 is 27.5 Å².